The van der Waals surface area contributed by atoms with Gasteiger partial charge in [0.1, 0.15) is 0 Å². The highest BCUT2D eigenvalue weighted by Crippen LogP contribution is 2.43. The highest BCUT2D eigenvalue weighted by Gasteiger charge is 2.31. The van der Waals surface area contributed by atoms with E-state index >= 15 is 8.78 Å². The molecule has 1 aromatic carbocycles. The molecule has 3 aliphatic rings. The molecule has 2 fully saturated rings. The molecule has 194 valence electrons. The van der Waals surface area contributed by atoms with Gasteiger partial charge < -0.3 is 0 Å². The van der Waals surface area contributed by atoms with Crippen molar-refractivity contribution in [3.05, 3.63) is 59.7 Å². The average molecular weight is 483 g/mol. The fourth-order valence-electron chi connectivity index (χ4n) is 7.38. The fraction of sp³-hybridized carbons (Fsp3) is 0.697. The van der Waals surface area contributed by atoms with Gasteiger partial charge in [0, 0.05) is 5.92 Å². The average Bonchev–Trinajstić information content (AvgIpc) is 2.90. The van der Waals surface area contributed by atoms with Crippen LogP contribution in [0.3, 0.4) is 0 Å². The number of rotatable bonds is 10. The molecule has 2 unspecified atom stereocenters. The van der Waals surface area contributed by atoms with Crippen LogP contribution in [0.1, 0.15) is 133 Å². The molecule has 0 nitrogen and oxygen atoms in total. The smallest absolute Gasteiger partial charge is 0.162 e. The van der Waals surface area contributed by atoms with Crippen LogP contribution in [-0.2, 0) is 0 Å². The Morgan fingerprint density at radius 3 is 2.09 bits per heavy atom. The van der Waals surface area contributed by atoms with Crippen LogP contribution >= 0.6 is 0 Å². The molecule has 0 amide bonds. The second kappa shape index (κ2) is 13.2. The maximum absolute atomic E-state index is 15.3. The van der Waals surface area contributed by atoms with Crippen LogP contribution in [0.2, 0.25) is 0 Å². The van der Waals surface area contributed by atoms with Crippen LogP contribution in [0.4, 0.5) is 8.78 Å². The molecular weight excluding hydrogens is 434 g/mol. The minimum absolute atomic E-state index is 0.0213. The maximum atomic E-state index is 15.3. The summed E-state index contributed by atoms with van der Waals surface area (Å²) in [6, 6.07) is 3.82. The van der Waals surface area contributed by atoms with Crippen LogP contribution in [-0.4, -0.2) is 0 Å². The largest absolute Gasteiger partial charge is 0.203 e. The third-order valence-corrected chi connectivity index (χ3v) is 9.72. The van der Waals surface area contributed by atoms with Crippen molar-refractivity contribution in [2.24, 2.45) is 23.7 Å². The molecule has 2 atom stereocenters. The topological polar surface area (TPSA) is 0 Å². The number of hydrogen-bond acceptors (Lipinski definition) is 0. The molecule has 2 saturated carbocycles. The number of halogens is 2. The van der Waals surface area contributed by atoms with Crippen molar-refractivity contribution in [1.29, 1.82) is 0 Å². The third-order valence-electron chi connectivity index (χ3n) is 9.72. The molecule has 2 heteroatoms. The summed E-state index contributed by atoms with van der Waals surface area (Å²) in [5.41, 5.74) is 1.20. The van der Waals surface area contributed by atoms with Crippen LogP contribution in [0.15, 0.2) is 36.9 Å². The van der Waals surface area contributed by atoms with Crippen molar-refractivity contribution >= 4 is 0 Å². The summed E-state index contributed by atoms with van der Waals surface area (Å²) in [5, 5.41) is 0. The van der Waals surface area contributed by atoms with E-state index in [1.807, 2.05) is 18.2 Å². The zero-order chi connectivity index (χ0) is 24.6. The zero-order valence-electron chi connectivity index (χ0n) is 22.1. The van der Waals surface area contributed by atoms with E-state index in [-0.39, 0.29) is 11.8 Å². The zero-order valence-corrected chi connectivity index (χ0v) is 22.1. The SMILES string of the molecule is C=CCCC1CCC(C2C=CC(c3ccc(C4CCC(CCCCC)CC4)c(F)c3F)CC2)CC1. The molecule has 35 heavy (non-hydrogen) atoms. The van der Waals surface area contributed by atoms with Crippen LogP contribution in [0, 0.1) is 35.3 Å². The van der Waals surface area contributed by atoms with E-state index in [0.717, 1.165) is 49.9 Å². The Kier molecular flexibility index (Phi) is 10.0. The van der Waals surface area contributed by atoms with Gasteiger partial charge in [0.15, 0.2) is 11.6 Å². The van der Waals surface area contributed by atoms with Gasteiger partial charge in [-0.1, -0.05) is 75.8 Å². The molecule has 0 aliphatic heterocycles. The molecule has 0 spiro atoms. The molecule has 0 bridgehead atoms. The van der Waals surface area contributed by atoms with E-state index in [1.165, 1.54) is 70.6 Å². The van der Waals surface area contributed by atoms with E-state index < -0.39 is 11.6 Å². The molecule has 0 N–H and O–H groups in total. The summed E-state index contributed by atoms with van der Waals surface area (Å²) in [5.74, 6) is 2.11. The van der Waals surface area contributed by atoms with Gasteiger partial charge in [-0.05, 0) is 105 Å². The summed E-state index contributed by atoms with van der Waals surface area (Å²) in [4.78, 5) is 0. The first-order valence-electron chi connectivity index (χ1n) is 14.9. The first kappa shape index (κ1) is 26.6. The highest BCUT2D eigenvalue weighted by atomic mass is 19.2. The van der Waals surface area contributed by atoms with Gasteiger partial charge in [0.05, 0.1) is 0 Å². The molecule has 0 heterocycles. The van der Waals surface area contributed by atoms with Crippen molar-refractivity contribution in [2.45, 2.75) is 121 Å². The number of hydrogen-bond donors (Lipinski definition) is 0. The van der Waals surface area contributed by atoms with Gasteiger partial charge in [-0.15, -0.1) is 6.58 Å². The van der Waals surface area contributed by atoms with Crippen molar-refractivity contribution in [3.8, 4) is 0 Å². The first-order chi connectivity index (χ1) is 17.1. The Morgan fingerprint density at radius 1 is 0.771 bits per heavy atom. The first-order valence-corrected chi connectivity index (χ1v) is 14.9. The van der Waals surface area contributed by atoms with Gasteiger partial charge in [0.25, 0.3) is 0 Å². The van der Waals surface area contributed by atoms with E-state index in [4.69, 9.17) is 0 Å². The fourth-order valence-corrected chi connectivity index (χ4v) is 7.38. The van der Waals surface area contributed by atoms with E-state index in [2.05, 4.69) is 25.7 Å². The predicted molar refractivity (Wildman–Crippen MR) is 145 cm³/mol. The maximum Gasteiger partial charge on any atom is 0.162 e. The number of unbranched alkanes of at least 4 members (excludes halogenated alkanes) is 2. The second-order valence-electron chi connectivity index (χ2n) is 12.0. The molecule has 0 aromatic heterocycles. The van der Waals surface area contributed by atoms with Gasteiger partial charge >= 0.3 is 0 Å². The number of allylic oxidation sites excluding steroid dienone is 3. The Bertz CT molecular complexity index is 824. The lowest BCUT2D eigenvalue weighted by Gasteiger charge is -2.35. The molecule has 0 radical (unpaired) electrons. The lowest BCUT2D eigenvalue weighted by atomic mass is 9.70. The summed E-state index contributed by atoms with van der Waals surface area (Å²) < 4.78 is 30.5. The van der Waals surface area contributed by atoms with Crippen molar-refractivity contribution in [2.75, 3.05) is 0 Å². The van der Waals surface area contributed by atoms with Crippen molar-refractivity contribution < 1.29 is 8.78 Å². The Morgan fingerprint density at radius 2 is 1.43 bits per heavy atom. The van der Waals surface area contributed by atoms with Gasteiger partial charge in [0.2, 0.25) is 0 Å². The number of benzene rings is 1. The standard InChI is InChI=1S/C33H48F2/c1-3-5-7-9-25-12-16-28(17-13-25)30-22-23-31(33(35)32(30)34)29-20-18-27(19-21-29)26-14-10-24(11-15-26)8-6-4-2/h4,18,20,22-29H,2-3,5-17,19,21H2,1H3. The van der Waals surface area contributed by atoms with E-state index in [1.54, 1.807) is 0 Å². The molecule has 0 saturated heterocycles. The van der Waals surface area contributed by atoms with Gasteiger partial charge in [-0.25, -0.2) is 8.78 Å². The third kappa shape index (κ3) is 6.86. The van der Waals surface area contributed by atoms with Gasteiger partial charge in [-0.3, -0.25) is 0 Å². The minimum atomic E-state index is -0.580. The quantitative estimate of drug-likeness (QED) is 0.230. The van der Waals surface area contributed by atoms with Crippen LogP contribution < -0.4 is 0 Å². The minimum Gasteiger partial charge on any atom is -0.203 e. The van der Waals surface area contributed by atoms with E-state index in [9.17, 15) is 0 Å². The Labute approximate surface area is 213 Å². The molecule has 1 aromatic rings. The normalized spacial score (nSPS) is 31.4. The molecule has 3 aliphatic carbocycles. The van der Waals surface area contributed by atoms with Crippen molar-refractivity contribution in [1.82, 2.24) is 0 Å². The summed E-state index contributed by atoms with van der Waals surface area (Å²) in [6.45, 7) is 6.11. The summed E-state index contributed by atoms with van der Waals surface area (Å²) in [7, 11) is 0. The summed E-state index contributed by atoms with van der Waals surface area (Å²) in [6.07, 6.45) is 25.9. The highest BCUT2D eigenvalue weighted by molar-refractivity contribution is 5.34. The Hall–Kier alpha value is -1.44. The second-order valence-corrected chi connectivity index (χ2v) is 12.0. The van der Waals surface area contributed by atoms with Crippen LogP contribution in [0.25, 0.3) is 0 Å². The predicted octanol–water partition coefficient (Wildman–Crippen LogP) is 10.6. The molecular formula is C33H48F2. The van der Waals surface area contributed by atoms with Crippen molar-refractivity contribution in [3.63, 3.8) is 0 Å². The Balaban J connectivity index is 1.31. The lowest BCUT2D eigenvalue weighted by Crippen LogP contribution is -2.23. The monoisotopic (exact) mass is 482 g/mol. The lowest BCUT2D eigenvalue weighted by molar-refractivity contribution is 0.210. The molecule has 4 rings (SSSR count). The summed E-state index contributed by atoms with van der Waals surface area (Å²) >= 11 is 0. The van der Waals surface area contributed by atoms with E-state index in [0.29, 0.717) is 17.0 Å². The van der Waals surface area contributed by atoms with Crippen LogP contribution in [0.5, 0.6) is 0 Å². The van der Waals surface area contributed by atoms with Gasteiger partial charge in [-0.2, -0.15) is 0 Å².